The van der Waals surface area contributed by atoms with Crippen molar-refractivity contribution in [3.05, 3.63) is 59.3 Å². The van der Waals surface area contributed by atoms with Crippen molar-refractivity contribution >= 4 is 22.7 Å². The predicted molar refractivity (Wildman–Crippen MR) is 126 cm³/mol. The van der Waals surface area contributed by atoms with Gasteiger partial charge in [0.05, 0.1) is 12.1 Å². The Balaban J connectivity index is 1.38. The Labute approximate surface area is 206 Å². The fourth-order valence-corrected chi connectivity index (χ4v) is 4.39. The molecule has 0 spiro atoms. The van der Waals surface area contributed by atoms with Crippen LogP contribution in [0.15, 0.2) is 42.6 Å². The van der Waals surface area contributed by atoms with E-state index in [0.717, 1.165) is 35.0 Å². The molecular weight excluding hydrogens is 477 g/mol. The van der Waals surface area contributed by atoms with Crippen LogP contribution in [0.1, 0.15) is 32.7 Å². The molecule has 2 amide bonds. The summed E-state index contributed by atoms with van der Waals surface area (Å²) in [5.41, 5.74) is 2.52. The molecule has 1 atom stereocenters. The third-order valence-electron chi connectivity index (χ3n) is 6.20. The van der Waals surface area contributed by atoms with Crippen LogP contribution in [0.4, 0.5) is 13.2 Å². The molecule has 1 aliphatic heterocycles. The summed E-state index contributed by atoms with van der Waals surface area (Å²) in [6.45, 7) is 4.42. The van der Waals surface area contributed by atoms with E-state index in [1.807, 2.05) is 23.9 Å². The molecule has 1 aromatic heterocycles. The summed E-state index contributed by atoms with van der Waals surface area (Å²) in [4.78, 5) is 27.0. The molecule has 4 rings (SSSR count). The summed E-state index contributed by atoms with van der Waals surface area (Å²) in [5.74, 6) is -0.591. The second-order valence-electron chi connectivity index (χ2n) is 8.75. The van der Waals surface area contributed by atoms with Gasteiger partial charge in [-0.15, -0.1) is 13.2 Å². The maximum atomic E-state index is 12.8. The van der Waals surface area contributed by atoms with Crippen LogP contribution in [0.2, 0.25) is 0 Å². The molecule has 0 saturated carbocycles. The minimum Gasteiger partial charge on any atom is -0.406 e. The molecule has 1 saturated heterocycles. The predicted octanol–water partition coefficient (Wildman–Crippen LogP) is 3.78. The topological polar surface area (TPSA) is 85.7 Å². The van der Waals surface area contributed by atoms with Crippen LogP contribution < -0.4 is 10.1 Å². The number of nitrogens with zero attached hydrogens (tertiary/aromatic N) is 3. The number of rotatable bonds is 8. The Bertz CT molecular complexity index is 1240. The summed E-state index contributed by atoms with van der Waals surface area (Å²) < 4.78 is 47.7. The average molecular weight is 505 g/mol. The summed E-state index contributed by atoms with van der Waals surface area (Å²) in [5, 5.41) is 8.35. The van der Waals surface area contributed by atoms with Crippen molar-refractivity contribution in [2.75, 3.05) is 33.4 Å². The van der Waals surface area contributed by atoms with Gasteiger partial charge in [0, 0.05) is 56.0 Å². The zero-order valence-electron chi connectivity index (χ0n) is 20.0. The summed E-state index contributed by atoms with van der Waals surface area (Å²) >= 11 is 0. The Morgan fingerprint density at radius 3 is 2.61 bits per heavy atom. The van der Waals surface area contributed by atoms with Crippen molar-refractivity contribution in [3.63, 3.8) is 0 Å². The molecule has 3 aromatic rings. The van der Waals surface area contributed by atoms with Crippen molar-refractivity contribution in [2.45, 2.75) is 26.3 Å². The van der Waals surface area contributed by atoms with Crippen LogP contribution in [0.3, 0.4) is 0 Å². The van der Waals surface area contributed by atoms with Gasteiger partial charge in [-0.05, 0) is 61.2 Å². The highest BCUT2D eigenvalue weighted by Crippen LogP contribution is 2.26. The molecule has 8 nitrogen and oxygen atoms in total. The third kappa shape index (κ3) is 5.96. The van der Waals surface area contributed by atoms with Crippen molar-refractivity contribution in [3.8, 4) is 5.75 Å². The zero-order chi connectivity index (χ0) is 25.9. The maximum Gasteiger partial charge on any atom is 0.573 e. The second kappa shape index (κ2) is 10.6. The summed E-state index contributed by atoms with van der Waals surface area (Å²) in [6.07, 6.45) is -2.08. The number of halogens is 3. The zero-order valence-corrected chi connectivity index (χ0v) is 20.0. The van der Waals surface area contributed by atoms with E-state index in [1.54, 1.807) is 18.1 Å². The van der Waals surface area contributed by atoms with E-state index in [0.29, 0.717) is 43.9 Å². The van der Waals surface area contributed by atoms with Gasteiger partial charge < -0.3 is 19.7 Å². The molecule has 1 aliphatic rings. The van der Waals surface area contributed by atoms with Gasteiger partial charge >= 0.3 is 6.36 Å². The van der Waals surface area contributed by atoms with Gasteiger partial charge in [0.2, 0.25) is 0 Å². The number of hydrogen-bond donors (Lipinski definition) is 1. The Morgan fingerprint density at radius 2 is 1.92 bits per heavy atom. The molecule has 36 heavy (non-hydrogen) atoms. The lowest BCUT2D eigenvalue weighted by atomic mass is 10.0. The summed E-state index contributed by atoms with van der Waals surface area (Å²) in [6, 6.07) is 8.53. The van der Waals surface area contributed by atoms with E-state index in [2.05, 4.69) is 15.2 Å². The summed E-state index contributed by atoms with van der Waals surface area (Å²) in [7, 11) is 1.58. The number of carbonyl (C=O) groups excluding carboxylic acids is 2. The minimum absolute atomic E-state index is 0.165. The van der Waals surface area contributed by atoms with Gasteiger partial charge in [0.1, 0.15) is 5.75 Å². The third-order valence-corrected chi connectivity index (χ3v) is 6.20. The number of aryl methyl sites for hydroxylation is 1. The van der Waals surface area contributed by atoms with E-state index in [-0.39, 0.29) is 23.5 Å². The number of aromatic nitrogens is 2. The fraction of sp³-hybridized carbons (Fsp3) is 0.400. The maximum absolute atomic E-state index is 12.8. The van der Waals surface area contributed by atoms with Crippen LogP contribution >= 0.6 is 0 Å². The molecule has 11 heteroatoms. The van der Waals surface area contributed by atoms with Crippen molar-refractivity contribution in [1.82, 2.24) is 20.0 Å². The van der Waals surface area contributed by atoms with Crippen molar-refractivity contribution in [1.29, 1.82) is 0 Å². The number of methoxy groups -OCH3 is 1. The minimum atomic E-state index is -4.78. The van der Waals surface area contributed by atoms with Crippen LogP contribution in [-0.2, 0) is 11.3 Å². The smallest absolute Gasteiger partial charge is 0.406 e. The van der Waals surface area contributed by atoms with Gasteiger partial charge in [-0.3, -0.25) is 14.3 Å². The van der Waals surface area contributed by atoms with Gasteiger partial charge in [-0.25, -0.2) is 0 Å². The van der Waals surface area contributed by atoms with Gasteiger partial charge in [0.25, 0.3) is 11.8 Å². The second-order valence-corrected chi connectivity index (χ2v) is 8.75. The molecule has 1 N–H and O–H groups in total. The molecular formula is C25H27F3N4O4. The molecule has 0 unspecified atom stereocenters. The van der Waals surface area contributed by atoms with Crippen LogP contribution in [0.25, 0.3) is 10.9 Å². The normalized spacial score (nSPS) is 15.9. The molecule has 2 aromatic carbocycles. The number of alkyl halides is 3. The van der Waals surface area contributed by atoms with E-state index >= 15 is 0 Å². The highest BCUT2D eigenvalue weighted by atomic mass is 19.4. The van der Waals surface area contributed by atoms with Crippen molar-refractivity contribution in [2.24, 2.45) is 5.92 Å². The number of likely N-dealkylation sites (tertiary alicyclic amines) is 1. The Hall–Kier alpha value is -3.60. The highest BCUT2D eigenvalue weighted by Gasteiger charge is 2.31. The monoisotopic (exact) mass is 504 g/mol. The van der Waals surface area contributed by atoms with Gasteiger partial charge in [0.15, 0.2) is 0 Å². The van der Waals surface area contributed by atoms with E-state index in [4.69, 9.17) is 4.74 Å². The van der Waals surface area contributed by atoms with Gasteiger partial charge in [-0.1, -0.05) is 0 Å². The fourth-order valence-electron chi connectivity index (χ4n) is 4.39. The lowest BCUT2D eigenvalue weighted by molar-refractivity contribution is -0.274. The molecule has 192 valence electrons. The molecule has 2 heterocycles. The largest absolute Gasteiger partial charge is 0.573 e. The first-order valence-electron chi connectivity index (χ1n) is 11.5. The quantitative estimate of drug-likeness (QED) is 0.472. The number of carbonyl (C=O) groups is 2. The molecule has 0 bridgehead atoms. The first kappa shape index (κ1) is 25.5. The number of hydrogen-bond acceptors (Lipinski definition) is 5. The first-order chi connectivity index (χ1) is 17.1. The average Bonchev–Trinajstić information content (AvgIpc) is 3.46. The molecule has 0 aliphatic carbocycles. The van der Waals surface area contributed by atoms with Crippen LogP contribution in [-0.4, -0.2) is 66.2 Å². The van der Waals surface area contributed by atoms with Crippen LogP contribution in [0.5, 0.6) is 5.75 Å². The van der Waals surface area contributed by atoms with E-state index in [9.17, 15) is 22.8 Å². The Kier molecular flexibility index (Phi) is 7.48. The molecule has 0 radical (unpaired) electrons. The van der Waals surface area contributed by atoms with Crippen LogP contribution in [0, 0.1) is 12.8 Å². The number of benzene rings is 2. The van der Waals surface area contributed by atoms with E-state index in [1.165, 1.54) is 12.1 Å². The highest BCUT2D eigenvalue weighted by molar-refractivity contribution is 6.00. The SMILES string of the molecule is COCCNC(=O)c1ccc2nn(C[C@@H]3CCN(C(=O)c4ccc(OC(F)(F)F)cc4)C3)cc2c1C. The Morgan fingerprint density at radius 1 is 1.17 bits per heavy atom. The van der Waals surface area contributed by atoms with E-state index < -0.39 is 6.36 Å². The standard InChI is InChI=1S/C25H27F3N4O4/c1-16-20(23(33)29-10-12-35-2)7-8-22-21(16)15-32(30-22)14-17-9-11-31(13-17)24(34)18-3-5-19(6-4-18)36-25(26,27)28/h3-8,15,17H,9-14H2,1-2H3,(H,29,33)/t17-/m1/s1. The number of fused-ring (bicyclic) bond motifs is 1. The lowest BCUT2D eigenvalue weighted by Crippen LogP contribution is -2.29. The van der Waals surface area contributed by atoms with Crippen molar-refractivity contribution < 1.29 is 32.2 Å². The van der Waals surface area contributed by atoms with Gasteiger partial charge in [-0.2, -0.15) is 5.10 Å². The lowest BCUT2D eigenvalue weighted by Gasteiger charge is -2.17. The molecule has 1 fully saturated rings. The number of nitrogens with one attached hydrogen (secondary N) is 1. The number of ether oxygens (including phenoxy) is 2. The number of amides is 2. The first-order valence-corrected chi connectivity index (χ1v) is 11.5.